The molecule has 3 aromatic rings. The predicted octanol–water partition coefficient (Wildman–Crippen LogP) is 4.43. The normalized spacial score (nSPS) is 16.4. The van der Waals surface area contributed by atoms with Gasteiger partial charge in [-0.2, -0.15) is 0 Å². The van der Waals surface area contributed by atoms with Gasteiger partial charge in [0.15, 0.2) is 0 Å². The molecule has 4 heteroatoms. The minimum absolute atomic E-state index is 0.773. The number of fused-ring (bicyclic) bond motifs is 1. The Morgan fingerprint density at radius 2 is 1.85 bits per heavy atom. The molecule has 0 unspecified atom stereocenters. The van der Waals surface area contributed by atoms with Gasteiger partial charge in [0.1, 0.15) is 5.65 Å². The number of hydrogen-bond acceptors (Lipinski definition) is 3. The van der Waals surface area contributed by atoms with Gasteiger partial charge in [0.05, 0.1) is 11.4 Å². The van der Waals surface area contributed by atoms with Crippen LogP contribution in [-0.4, -0.2) is 27.4 Å². The van der Waals surface area contributed by atoms with Gasteiger partial charge in [0, 0.05) is 24.0 Å². The molecule has 2 N–H and O–H groups in total. The molecule has 1 fully saturated rings. The van der Waals surface area contributed by atoms with E-state index in [2.05, 4.69) is 48.3 Å². The molecule has 0 radical (unpaired) electrons. The van der Waals surface area contributed by atoms with E-state index >= 15 is 0 Å². The van der Waals surface area contributed by atoms with E-state index in [1.54, 1.807) is 0 Å². The fraction of sp³-hybridized carbons (Fsp3) is 0.409. The standard InChI is InChI=1S/C22H28N4/c1-15-8-10-25(11-9-15)14-20-22(18-5-4-16(2)17(3)12-18)24-21-7-6-19(23)13-26(20)21/h4-7,12-13,15H,8-11,14,23H2,1-3H3. The fourth-order valence-electron chi connectivity index (χ4n) is 3.81. The van der Waals surface area contributed by atoms with Gasteiger partial charge >= 0.3 is 0 Å². The van der Waals surface area contributed by atoms with Crippen LogP contribution in [0.15, 0.2) is 36.5 Å². The van der Waals surface area contributed by atoms with Gasteiger partial charge in [0.2, 0.25) is 0 Å². The van der Waals surface area contributed by atoms with Crippen molar-refractivity contribution in [3.8, 4) is 11.3 Å². The fourth-order valence-corrected chi connectivity index (χ4v) is 3.81. The quantitative estimate of drug-likeness (QED) is 0.761. The lowest BCUT2D eigenvalue weighted by Gasteiger charge is -2.30. The van der Waals surface area contributed by atoms with Crippen molar-refractivity contribution in [3.63, 3.8) is 0 Å². The topological polar surface area (TPSA) is 46.6 Å². The molecule has 4 rings (SSSR count). The maximum absolute atomic E-state index is 6.07. The number of likely N-dealkylation sites (tertiary alicyclic amines) is 1. The summed E-state index contributed by atoms with van der Waals surface area (Å²) in [5, 5.41) is 0. The zero-order chi connectivity index (χ0) is 18.3. The number of aryl methyl sites for hydroxylation is 2. The highest BCUT2D eigenvalue weighted by Gasteiger charge is 2.21. The van der Waals surface area contributed by atoms with Crippen molar-refractivity contribution in [2.45, 2.75) is 40.2 Å². The molecular weight excluding hydrogens is 320 g/mol. The predicted molar refractivity (Wildman–Crippen MR) is 108 cm³/mol. The average Bonchev–Trinajstić information content (AvgIpc) is 2.97. The van der Waals surface area contributed by atoms with Crippen LogP contribution < -0.4 is 5.73 Å². The number of nitrogens with two attached hydrogens (primary N) is 1. The third kappa shape index (κ3) is 3.21. The molecule has 0 bridgehead atoms. The van der Waals surface area contributed by atoms with Crippen LogP contribution in [-0.2, 0) is 6.54 Å². The molecule has 0 amide bonds. The van der Waals surface area contributed by atoms with Gasteiger partial charge in [-0.3, -0.25) is 4.90 Å². The molecule has 2 aromatic heterocycles. The van der Waals surface area contributed by atoms with E-state index in [0.717, 1.165) is 42.6 Å². The number of pyridine rings is 1. The largest absolute Gasteiger partial charge is 0.398 e. The Morgan fingerprint density at radius 3 is 2.58 bits per heavy atom. The highest BCUT2D eigenvalue weighted by atomic mass is 15.2. The molecule has 0 aliphatic carbocycles. The first-order valence-corrected chi connectivity index (χ1v) is 9.57. The summed E-state index contributed by atoms with van der Waals surface area (Å²) in [6.07, 6.45) is 4.56. The van der Waals surface area contributed by atoms with Crippen molar-refractivity contribution in [2.24, 2.45) is 5.92 Å². The van der Waals surface area contributed by atoms with Gasteiger partial charge in [0.25, 0.3) is 0 Å². The van der Waals surface area contributed by atoms with E-state index in [9.17, 15) is 0 Å². The molecule has 0 atom stereocenters. The number of nitrogen functional groups attached to an aromatic ring is 1. The molecule has 136 valence electrons. The molecule has 1 saturated heterocycles. The number of anilines is 1. The third-order valence-corrected chi connectivity index (χ3v) is 5.77. The lowest BCUT2D eigenvalue weighted by atomic mass is 9.98. The lowest BCUT2D eigenvalue weighted by molar-refractivity contribution is 0.183. The highest BCUT2D eigenvalue weighted by molar-refractivity contribution is 5.68. The summed E-state index contributed by atoms with van der Waals surface area (Å²) in [5.41, 5.74) is 13.9. The zero-order valence-electron chi connectivity index (χ0n) is 16.0. The van der Waals surface area contributed by atoms with Crippen molar-refractivity contribution in [3.05, 3.63) is 53.3 Å². The molecule has 26 heavy (non-hydrogen) atoms. The SMILES string of the molecule is Cc1ccc(-c2nc3ccc(N)cn3c2CN2CCC(C)CC2)cc1C. The van der Waals surface area contributed by atoms with E-state index in [4.69, 9.17) is 10.7 Å². The van der Waals surface area contributed by atoms with Crippen LogP contribution in [0.4, 0.5) is 5.69 Å². The number of rotatable bonds is 3. The Hall–Kier alpha value is -2.33. The molecule has 1 aromatic carbocycles. The van der Waals surface area contributed by atoms with Crippen molar-refractivity contribution in [2.75, 3.05) is 18.8 Å². The summed E-state index contributed by atoms with van der Waals surface area (Å²) < 4.78 is 2.18. The second kappa shape index (κ2) is 6.76. The first-order valence-electron chi connectivity index (χ1n) is 9.57. The Labute approximate surface area is 155 Å². The summed E-state index contributed by atoms with van der Waals surface area (Å²) in [5.74, 6) is 0.836. The van der Waals surface area contributed by atoms with Crippen LogP contribution in [0.25, 0.3) is 16.9 Å². The van der Waals surface area contributed by atoms with E-state index in [1.807, 2.05) is 18.3 Å². The van der Waals surface area contributed by atoms with Crippen molar-refractivity contribution in [1.82, 2.24) is 14.3 Å². The Morgan fingerprint density at radius 1 is 1.08 bits per heavy atom. The maximum Gasteiger partial charge on any atom is 0.137 e. The first-order chi connectivity index (χ1) is 12.5. The monoisotopic (exact) mass is 348 g/mol. The van der Waals surface area contributed by atoms with Crippen LogP contribution in [0.2, 0.25) is 0 Å². The first kappa shape index (κ1) is 17.1. The van der Waals surface area contributed by atoms with Gasteiger partial charge < -0.3 is 10.1 Å². The minimum Gasteiger partial charge on any atom is -0.398 e. The van der Waals surface area contributed by atoms with Crippen LogP contribution >= 0.6 is 0 Å². The second-order valence-electron chi connectivity index (χ2n) is 7.86. The van der Waals surface area contributed by atoms with E-state index in [-0.39, 0.29) is 0 Å². The maximum atomic E-state index is 6.07. The Kier molecular flexibility index (Phi) is 4.45. The van der Waals surface area contributed by atoms with Crippen molar-refractivity contribution >= 4 is 11.3 Å². The Bertz CT molecular complexity index is 933. The summed E-state index contributed by atoms with van der Waals surface area (Å²) in [4.78, 5) is 7.51. The van der Waals surface area contributed by atoms with E-state index in [0.29, 0.717) is 0 Å². The van der Waals surface area contributed by atoms with E-state index in [1.165, 1.54) is 35.2 Å². The smallest absolute Gasteiger partial charge is 0.137 e. The minimum atomic E-state index is 0.773. The molecule has 0 spiro atoms. The summed E-state index contributed by atoms with van der Waals surface area (Å²) in [6, 6.07) is 10.6. The number of hydrogen-bond donors (Lipinski definition) is 1. The van der Waals surface area contributed by atoms with Crippen molar-refractivity contribution in [1.29, 1.82) is 0 Å². The van der Waals surface area contributed by atoms with Gasteiger partial charge in [-0.25, -0.2) is 4.98 Å². The van der Waals surface area contributed by atoms with E-state index < -0.39 is 0 Å². The molecular formula is C22H28N4. The average molecular weight is 348 g/mol. The van der Waals surface area contributed by atoms with Crippen LogP contribution in [0.3, 0.4) is 0 Å². The molecule has 3 heterocycles. The van der Waals surface area contributed by atoms with Gasteiger partial charge in [-0.15, -0.1) is 0 Å². The summed E-state index contributed by atoms with van der Waals surface area (Å²) in [7, 11) is 0. The number of aromatic nitrogens is 2. The number of benzene rings is 1. The molecule has 1 aliphatic rings. The lowest BCUT2D eigenvalue weighted by Crippen LogP contribution is -2.32. The van der Waals surface area contributed by atoms with Gasteiger partial charge in [-0.1, -0.05) is 19.1 Å². The summed E-state index contributed by atoms with van der Waals surface area (Å²) >= 11 is 0. The highest BCUT2D eigenvalue weighted by Crippen LogP contribution is 2.29. The second-order valence-corrected chi connectivity index (χ2v) is 7.86. The molecule has 4 nitrogen and oxygen atoms in total. The zero-order valence-corrected chi connectivity index (χ0v) is 16.0. The number of imidazole rings is 1. The van der Waals surface area contributed by atoms with Crippen molar-refractivity contribution < 1.29 is 0 Å². The molecule has 1 aliphatic heterocycles. The number of nitrogens with zero attached hydrogens (tertiary/aromatic N) is 3. The van der Waals surface area contributed by atoms with Crippen LogP contribution in [0.5, 0.6) is 0 Å². The van der Waals surface area contributed by atoms with Gasteiger partial charge in [-0.05, 0) is 75.0 Å². The molecule has 0 saturated carbocycles. The van der Waals surface area contributed by atoms with Crippen LogP contribution in [0, 0.1) is 19.8 Å². The number of piperidine rings is 1. The Balaban J connectivity index is 1.79. The summed E-state index contributed by atoms with van der Waals surface area (Å²) in [6.45, 7) is 9.90. The third-order valence-electron chi connectivity index (χ3n) is 5.77. The van der Waals surface area contributed by atoms with Crippen LogP contribution in [0.1, 0.15) is 36.6 Å².